The van der Waals surface area contributed by atoms with E-state index in [1.807, 2.05) is 49.4 Å². The second-order valence-corrected chi connectivity index (χ2v) is 8.13. The van der Waals surface area contributed by atoms with Crippen LogP contribution in [0.1, 0.15) is 12.5 Å². The van der Waals surface area contributed by atoms with Crippen molar-refractivity contribution in [3.8, 4) is 11.5 Å². The number of aryl methyl sites for hydroxylation is 1. The molecule has 0 aliphatic carbocycles. The molecule has 3 aromatic rings. The molecule has 3 aromatic carbocycles. The molecule has 2 amide bonds. The van der Waals surface area contributed by atoms with Crippen LogP contribution < -0.4 is 20.3 Å². The topological polar surface area (TPSA) is 76.7 Å². The van der Waals surface area contributed by atoms with Crippen molar-refractivity contribution in [3.05, 3.63) is 69.1 Å². The van der Waals surface area contributed by atoms with Crippen molar-refractivity contribution >= 4 is 54.4 Å². The standard InChI is InChI=1S/C22H20Br2N2O4/c1-2-14-4-3-5-17(10-14)29-12-20(27)25-26-21(28)13-30-19-9-6-15-11-16(23)7-8-18(15)22(19)24/h3-11H,2,12-13H2,1H3,(H,25,27)(H,26,28). The molecule has 0 saturated heterocycles. The number of fused-ring (bicyclic) bond motifs is 1. The Bertz CT molecular complexity index is 1070. The Hall–Kier alpha value is -2.58. The molecule has 0 aromatic heterocycles. The maximum Gasteiger partial charge on any atom is 0.276 e. The third kappa shape index (κ3) is 5.96. The third-order valence-electron chi connectivity index (χ3n) is 4.26. The number of rotatable bonds is 7. The number of ether oxygens (including phenoxy) is 2. The Kier molecular flexibility index (Phi) is 7.70. The minimum atomic E-state index is -0.487. The number of carbonyl (C=O) groups excluding carboxylic acids is 2. The molecule has 0 saturated carbocycles. The van der Waals surface area contributed by atoms with Crippen LogP contribution in [0.4, 0.5) is 0 Å². The van der Waals surface area contributed by atoms with Gasteiger partial charge >= 0.3 is 0 Å². The highest BCUT2D eigenvalue weighted by Crippen LogP contribution is 2.34. The first-order chi connectivity index (χ1) is 14.5. The largest absolute Gasteiger partial charge is 0.484 e. The summed E-state index contributed by atoms with van der Waals surface area (Å²) in [5.41, 5.74) is 5.73. The van der Waals surface area contributed by atoms with Crippen LogP contribution in [0.25, 0.3) is 10.8 Å². The number of carbonyl (C=O) groups is 2. The zero-order valence-electron chi connectivity index (χ0n) is 16.2. The smallest absolute Gasteiger partial charge is 0.276 e. The fourth-order valence-corrected chi connectivity index (χ4v) is 3.70. The summed E-state index contributed by atoms with van der Waals surface area (Å²) in [5, 5.41) is 2.00. The van der Waals surface area contributed by atoms with Crippen molar-refractivity contribution in [2.45, 2.75) is 13.3 Å². The van der Waals surface area contributed by atoms with Gasteiger partial charge in [-0.2, -0.15) is 0 Å². The van der Waals surface area contributed by atoms with Crippen LogP contribution in [0.5, 0.6) is 11.5 Å². The molecule has 156 valence electrons. The minimum absolute atomic E-state index is 0.208. The molecule has 0 heterocycles. The van der Waals surface area contributed by atoms with Gasteiger partial charge in [0.25, 0.3) is 11.8 Å². The van der Waals surface area contributed by atoms with Crippen LogP contribution in [0.15, 0.2) is 63.5 Å². The number of benzene rings is 3. The number of halogens is 2. The van der Waals surface area contributed by atoms with Crippen molar-refractivity contribution in [2.75, 3.05) is 13.2 Å². The molecule has 2 N–H and O–H groups in total. The SMILES string of the molecule is CCc1cccc(OCC(=O)NNC(=O)COc2ccc3cc(Br)ccc3c2Br)c1. The lowest BCUT2D eigenvalue weighted by Gasteiger charge is -2.12. The molecule has 0 unspecified atom stereocenters. The van der Waals surface area contributed by atoms with Gasteiger partial charge in [-0.05, 0) is 69.0 Å². The summed E-state index contributed by atoms with van der Waals surface area (Å²) in [6, 6.07) is 17.1. The van der Waals surface area contributed by atoms with E-state index in [4.69, 9.17) is 9.47 Å². The first kappa shape index (κ1) is 22.1. The number of hydrogen-bond acceptors (Lipinski definition) is 4. The van der Waals surface area contributed by atoms with Gasteiger partial charge in [-0.15, -0.1) is 0 Å². The fourth-order valence-electron chi connectivity index (χ4n) is 2.71. The molecule has 8 heteroatoms. The Balaban J connectivity index is 1.45. The Labute approximate surface area is 191 Å². The van der Waals surface area contributed by atoms with E-state index in [1.165, 1.54) is 0 Å². The lowest BCUT2D eigenvalue weighted by Crippen LogP contribution is -2.45. The van der Waals surface area contributed by atoms with Crippen LogP contribution >= 0.6 is 31.9 Å². The minimum Gasteiger partial charge on any atom is -0.484 e. The van der Waals surface area contributed by atoms with Crippen molar-refractivity contribution in [3.63, 3.8) is 0 Å². The van der Waals surface area contributed by atoms with E-state index < -0.39 is 11.8 Å². The van der Waals surface area contributed by atoms with Gasteiger partial charge < -0.3 is 9.47 Å². The summed E-state index contributed by atoms with van der Waals surface area (Å²) >= 11 is 6.96. The van der Waals surface area contributed by atoms with Crippen LogP contribution in [-0.2, 0) is 16.0 Å². The highest BCUT2D eigenvalue weighted by atomic mass is 79.9. The molecule has 0 bridgehead atoms. The Morgan fingerprint density at radius 2 is 1.63 bits per heavy atom. The van der Waals surface area contributed by atoms with Crippen molar-refractivity contribution < 1.29 is 19.1 Å². The molecule has 0 aliphatic rings. The lowest BCUT2D eigenvalue weighted by atomic mass is 10.1. The third-order valence-corrected chi connectivity index (χ3v) is 5.57. The molecule has 30 heavy (non-hydrogen) atoms. The first-order valence-electron chi connectivity index (χ1n) is 9.26. The number of nitrogens with one attached hydrogen (secondary N) is 2. The van der Waals surface area contributed by atoms with Gasteiger partial charge in [0.2, 0.25) is 0 Å². The predicted molar refractivity (Wildman–Crippen MR) is 122 cm³/mol. The van der Waals surface area contributed by atoms with Gasteiger partial charge in [-0.3, -0.25) is 20.4 Å². The summed E-state index contributed by atoms with van der Waals surface area (Å²) in [5.74, 6) is 0.180. The molecule has 0 aliphatic heterocycles. The molecular formula is C22H20Br2N2O4. The van der Waals surface area contributed by atoms with E-state index in [0.717, 1.165) is 31.7 Å². The van der Waals surface area contributed by atoms with Crippen molar-refractivity contribution in [2.24, 2.45) is 0 Å². The maximum absolute atomic E-state index is 12.0. The van der Waals surface area contributed by atoms with Crippen LogP contribution in [0, 0.1) is 0 Å². The van der Waals surface area contributed by atoms with E-state index in [9.17, 15) is 9.59 Å². The zero-order chi connectivity index (χ0) is 21.5. The van der Waals surface area contributed by atoms with E-state index in [2.05, 4.69) is 42.7 Å². The van der Waals surface area contributed by atoms with E-state index >= 15 is 0 Å². The summed E-state index contributed by atoms with van der Waals surface area (Å²) in [6.07, 6.45) is 0.879. The highest BCUT2D eigenvalue weighted by Gasteiger charge is 2.10. The molecule has 0 atom stereocenters. The van der Waals surface area contributed by atoms with Crippen molar-refractivity contribution in [1.82, 2.24) is 10.9 Å². The predicted octanol–water partition coefficient (Wildman–Crippen LogP) is 4.53. The van der Waals surface area contributed by atoms with Gasteiger partial charge in [-0.1, -0.05) is 47.1 Å². The first-order valence-corrected chi connectivity index (χ1v) is 10.8. The maximum atomic E-state index is 12.0. The second-order valence-electron chi connectivity index (χ2n) is 6.42. The van der Waals surface area contributed by atoms with Crippen molar-refractivity contribution in [1.29, 1.82) is 0 Å². The molecule has 6 nitrogen and oxygen atoms in total. The van der Waals surface area contributed by atoms with E-state index in [0.29, 0.717) is 11.5 Å². The van der Waals surface area contributed by atoms with Gasteiger partial charge in [0, 0.05) is 4.47 Å². The molecular weight excluding hydrogens is 516 g/mol. The fraction of sp³-hybridized carbons (Fsp3) is 0.182. The molecule has 0 fully saturated rings. The quantitative estimate of drug-likeness (QED) is 0.436. The van der Waals surface area contributed by atoms with Gasteiger partial charge in [-0.25, -0.2) is 0 Å². The average Bonchev–Trinajstić information content (AvgIpc) is 2.75. The highest BCUT2D eigenvalue weighted by molar-refractivity contribution is 9.11. The van der Waals surface area contributed by atoms with Crippen LogP contribution in [0.2, 0.25) is 0 Å². The van der Waals surface area contributed by atoms with E-state index in [1.54, 1.807) is 12.1 Å². The number of amides is 2. The summed E-state index contributed by atoms with van der Waals surface area (Å²) in [6.45, 7) is 1.58. The normalized spacial score (nSPS) is 10.5. The lowest BCUT2D eigenvalue weighted by molar-refractivity contribution is -0.131. The molecule has 0 radical (unpaired) electrons. The molecule has 0 spiro atoms. The van der Waals surface area contributed by atoms with Crippen LogP contribution in [0.3, 0.4) is 0 Å². The number of hydrogen-bond donors (Lipinski definition) is 2. The van der Waals surface area contributed by atoms with Crippen LogP contribution in [-0.4, -0.2) is 25.0 Å². The summed E-state index contributed by atoms with van der Waals surface area (Å²) in [7, 11) is 0. The molecule has 3 rings (SSSR count). The van der Waals surface area contributed by atoms with E-state index in [-0.39, 0.29) is 13.2 Å². The zero-order valence-corrected chi connectivity index (χ0v) is 19.4. The Morgan fingerprint density at radius 1 is 0.900 bits per heavy atom. The monoisotopic (exact) mass is 534 g/mol. The van der Waals surface area contributed by atoms with Gasteiger partial charge in [0.05, 0.1) is 4.47 Å². The van der Waals surface area contributed by atoms with Gasteiger partial charge in [0.1, 0.15) is 11.5 Å². The summed E-state index contributed by atoms with van der Waals surface area (Å²) < 4.78 is 12.7. The summed E-state index contributed by atoms with van der Waals surface area (Å²) in [4.78, 5) is 23.9. The second kappa shape index (κ2) is 10.4. The average molecular weight is 536 g/mol. The van der Waals surface area contributed by atoms with Gasteiger partial charge in [0.15, 0.2) is 13.2 Å². The number of hydrazine groups is 1. The Morgan fingerprint density at radius 3 is 2.37 bits per heavy atom.